The smallest absolute Gasteiger partial charge is 0.259 e. The summed E-state index contributed by atoms with van der Waals surface area (Å²) in [5, 5.41) is 4.31. The van der Waals surface area contributed by atoms with Crippen molar-refractivity contribution in [2.45, 2.75) is 51.4 Å². The number of pyridine rings is 1. The highest BCUT2D eigenvalue weighted by atomic mass is 16.5. The maximum absolute atomic E-state index is 13.0. The summed E-state index contributed by atoms with van der Waals surface area (Å²) < 4.78 is 10.9. The molecular weight excluding hydrogens is 356 g/mol. The molecule has 3 rings (SSSR count). The predicted molar refractivity (Wildman–Crippen MR) is 106 cm³/mol. The van der Waals surface area contributed by atoms with E-state index in [1.807, 2.05) is 17.0 Å². The van der Waals surface area contributed by atoms with Crippen LogP contribution in [-0.4, -0.2) is 52.7 Å². The van der Waals surface area contributed by atoms with Crippen LogP contribution in [0.1, 0.15) is 51.8 Å². The first-order valence-corrected chi connectivity index (χ1v) is 10.2. The van der Waals surface area contributed by atoms with E-state index in [1.54, 1.807) is 19.5 Å². The number of carbonyl (C=O) groups excluding carboxylic acids is 1. The Labute approximate surface area is 166 Å². The van der Waals surface area contributed by atoms with Crippen molar-refractivity contribution in [3.8, 4) is 11.5 Å². The third-order valence-corrected chi connectivity index (χ3v) is 5.82. The fourth-order valence-corrected chi connectivity index (χ4v) is 4.06. The number of piperidine rings is 1. The number of nitrogens with zero attached hydrogens (tertiary/aromatic N) is 4. The van der Waals surface area contributed by atoms with E-state index >= 15 is 0 Å². The zero-order valence-electron chi connectivity index (χ0n) is 17.1. The van der Waals surface area contributed by atoms with Crippen LogP contribution in [-0.2, 0) is 14.9 Å². The van der Waals surface area contributed by atoms with Gasteiger partial charge in [0.15, 0.2) is 5.82 Å². The van der Waals surface area contributed by atoms with Gasteiger partial charge < -0.3 is 14.2 Å². The molecule has 1 unspecified atom stereocenters. The highest BCUT2D eigenvalue weighted by molar-refractivity contribution is 5.79. The van der Waals surface area contributed by atoms with Gasteiger partial charge in [-0.2, -0.15) is 4.98 Å². The average Bonchev–Trinajstić information content (AvgIpc) is 3.25. The van der Waals surface area contributed by atoms with E-state index in [0.717, 1.165) is 44.2 Å². The summed E-state index contributed by atoms with van der Waals surface area (Å²) in [6, 6.07) is 3.74. The SMILES string of the molecule is CCC(CC)C(=O)N1CCCC(CCOC)(c2noc(-c3cccnc3)n2)C1. The molecule has 0 aromatic carbocycles. The number of carbonyl (C=O) groups is 1. The molecule has 1 aliphatic heterocycles. The first-order chi connectivity index (χ1) is 13.6. The second-order valence-corrected chi connectivity index (χ2v) is 7.56. The zero-order valence-corrected chi connectivity index (χ0v) is 17.1. The highest BCUT2D eigenvalue weighted by Gasteiger charge is 2.43. The van der Waals surface area contributed by atoms with E-state index in [4.69, 9.17) is 14.2 Å². The molecule has 0 radical (unpaired) electrons. The molecule has 0 bridgehead atoms. The maximum atomic E-state index is 13.0. The minimum absolute atomic E-state index is 0.0782. The lowest BCUT2D eigenvalue weighted by Crippen LogP contribution is -2.51. The Kier molecular flexibility index (Phi) is 6.78. The van der Waals surface area contributed by atoms with Gasteiger partial charge in [0.25, 0.3) is 5.89 Å². The van der Waals surface area contributed by atoms with Gasteiger partial charge in [-0.1, -0.05) is 19.0 Å². The van der Waals surface area contributed by atoms with Crippen molar-refractivity contribution in [3.05, 3.63) is 30.4 Å². The Hall–Kier alpha value is -2.28. The molecule has 1 fully saturated rings. The Bertz CT molecular complexity index is 760. The topological polar surface area (TPSA) is 81.4 Å². The van der Waals surface area contributed by atoms with E-state index in [9.17, 15) is 4.79 Å². The van der Waals surface area contributed by atoms with Gasteiger partial charge in [0.05, 0.1) is 11.0 Å². The summed E-state index contributed by atoms with van der Waals surface area (Å²) in [5.41, 5.74) is 0.448. The van der Waals surface area contributed by atoms with Gasteiger partial charge in [-0.3, -0.25) is 9.78 Å². The lowest BCUT2D eigenvalue weighted by Gasteiger charge is -2.42. The van der Waals surface area contributed by atoms with E-state index in [2.05, 4.69) is 24.0 Å². The van der Waals surface area contributed by atoms with Crippen molar-refractivity contribution in [2.75, 3.05) is 26.8 Å². The minimum atomic E-state index is -0.347. The van der Waals surface area contributed by atoms with Gasteiger partial charge in [0.1, 0.15) is 0 Å². The summed E-state index contributed by atoms with van der Waals surface area (Å²) in [4.78, 5) is 23.8. The molecule has 0 spiro atoms. The first-order valence-electron chi connectivity index (χ1n) is 10.2. The molecule has 1 saturated heterocycles. The van der Waals surface area contributed by atoms with Crippen LogP contribution in [0, 0.1) is 5.92 Å². The number of likely N-dealkylation sites (tertiary alicyclic amines) is 1. The van der Waals surface area contributed by atoms with Gasteiger partial charge >= 0.3 is 0 Å². The lowest BCUT2D eigenvalue weighted by atomic mass is 9.76. The fraction of sp³-hybridized carbons (Fsp3) is 0.619. The Morgan fingerprint density at radius 2 is 2.21 bits per heavy atom. The molecule has 1 atom stereocenters. The normalized spacial score (nSPS) is 19.9. The number of rotatable bonds is 8. The van der Waals surface area contributed by atoms with Crippen LogP contribution < -0.4 is 0 Å². The molecule has 28 heavy (non-hydrogen) atoms. The van der Waals surface area contributed by atoms with Gasteiger partial charge in [-0.05, 0) is 44.2 Å². The zero-order chi connectivity index (χ0) is 20.0. The molecule has 1 aliphatic rings. The van der Waals surface area contributed by atoms with Crippen molar-refractivity contribution in [1.29, 1.82) is 0 Å². The van der Waals surface area contributed by atoms with Crippen LogP contribution in [0.2, 0.25) is 0 Å². The van der Waals surface area contributed by atoms with Crippen molar-refractivity contribution >= 4 is 5.91 Å². The van der Waals surface area contributed by atoms with Crippen LogP contribution in [0.5, 0.6) is 0 Å². The number of ether oxygens (including phenoxy) is 1. The van der Waals surface area contributed by atoms with E-state index in [-0.39, 0.29) is 17.2 Å². The van der Waals surface area contributed by atoms with E-state index in [1.165, 1.54) is 0 Å². The minimum Gasteiger partial charge on any atom is -0.385 e. The molecule has 0 saturated carbocycles. The van der Waals surface area contributed by atoms with Crippen LogP contribution in [0.25, 0.3) is 11.5 Å². The van der Waals surface area contributed by atoms with E-state index < -0.39 is 0 Å². The second-order valence-electron chi connectivity index (χ2n) is 7.56. The van der Waals surface area contributed by atoms with Crippen LogP contribution in [0.3, 0.4) is 0 Å². The predicted octanol–water partition coefficient (Wildman–Crippen LogP) is 3.46. The summed E-state index contributed by atoms with van der Waals surface area (Å²) >= 11 is 0. The molecule has 3 heterocycles. The Balaban J connectivity index is 1.88. The molecule has 7 heteroatoms. The molecule has 2 aromatic heterocycles. The van der Waals surface area contributed by atoms with Gasteiger partial charge in [0.2, 0.25) is 5.91 Å². The largest absolute Gasteiger partial charge is 0.385 e. The highest BCUT2D eigenvalue weighted by Crippen LogP contribution is 2.37. The Morgan fingerprint density at radius 3 is 2.89 bits per heavy atom. The second kappa shape index (κ2) is 9.28. The molecular formula is C21H30N4O3. The van der Waals surface area contributed by atoms with Gasteiger partial charge in [-0.15, -0.1) is 0 Å². The number of methoxy groups -OCH3 is 1. The molecule has 0 N–H and O–H groups in total. The quantitative estimate of drug-likeness (QED) is 0.691. The van der Waals surface area contributed by atoms with Crippen LogP contribution in [0.15, 0.2) is 29.0 Å². The molecule has 7 nitrogen and oxygen atoms in total. The summed E-state index contributed by atoms with van der Waals surface area (Å²) in [5.74, 6) is 1.44. The molecule has 152 valence electrons. The third-order valence-electron chi connectivity index (χ3n) is 5.82. The summed E-state index contributed by atoms with van der Waals surface area (Å²) in [6.45, 7) is 6.14. The number of hydrogen-bond donors (Lipinski definition) is 0. The average molecular weight is 386 g/mol. The lowest BCUT2D eigenvalue weighted by molar-refractivity contribution is -0.138. The third kappa shape index (κ3) is 4.24. The molecule has 2 aromatic rings. The van der Waals surface area contributed by atoms with Crippen molar-refractivity contribution < 1.29 is 14.1 Å². The fourth-order valence-electron chi connectivity index (χ4n) is 4.06. The van der Waals surface area contributed by atoms with E-state index in [0.29, 0.717) is 24.9 Å². The maximum Gasteiger partial charge on any atom is 0.259 e. The number of aromatic nitrogens is 3. The molecule has 1 amide bonds. The monoisotopic (exact) mass is 386 g/mol. The van der Waals surface area contributed by atoms with Crippen LogP contribution >= 0.6 is 0 Å². The number of hydrogen-bond acceptors (Lipinski definition) is 6. The van der Waals surface area contributed by atoms with Crippen LogP contribution in [0.4, 0.5) is 0 Å². The van der Waals surface area contributed by atoms with Gasteiger partial charge in [-0.25, -0.2) is 0 Å². The first kappa shape index (κ1) is 20.5. The van der Waals surface area contributed by atoms with Crippen molar-refractivity contribution in [3.63, 3.8) is 0 Å². The van der Waals surface area contributed by atoms with Gasteiger partial charge in [0, 0.05) is 45.1 Å². The number of amides is 1. The summed E-state index contributed by atoms with van der Waals surface area (Å²) in [6.07, 6.45) is 7.74. The van der Waals surface area contributed by atoms with Crippen molar-refractivity contribution in [2.24, 2.45) is 5.92 Å². The summed E-state index contributed by atoms with van der Waals surface area (Å²) in [7, 11) is 1.70. The molecule has 0 aliphatic carbocycles. The Morgan fingerprint density at radius 1 is 1.39 bits per heavy atom. The van der Waals surface area contributed by atoms with Crippen molar-refractivity contribution in [1.82, 2.24) is 20.0 Å². The standard InChI is InChI=1S/C21H30N4O3/c1-4-16(5-2)19(26)25-12-7-9-21(15-25,10-13-27-3)20-23-18(28-24-20)17-8-6-11-22-14-17/h6,8,11,14,16H,4-5,7,9-10,12-13,15H2,1-3H3.